The van der Waals surface area contributed by atoms with Crippen LogP contribution in [-0.4, -0.2) is 75.7 Å². The lowest BCUT2D eigenvalue weighted by molar-refractivity contribution is -0.420. The molecule has 11 aliphatic rings. The SMILES string of the molecule is C=CC1=C(/C=C\C)B2c3ccccc3N3CB4c5ccccc5N5CB6c7ccccc7N7c8ccccc8B8C[N+]9=C%10C=CC=CC%10N%10CB1c1c2c3c2c4c5c3c6c7c8c4c9c%10c1c2c34. The van der Waals surface area contributed by atoms with Gasteiger partial charge in [0.1, 0.15) is 18.2 Å². The first kappa shape index (κ1) is 34.1. The van der Waals surface area contributed by atoms with Gasteiger partial charge in [-0.05, 0) is 74.9 Å². The van der Waals surface area contributed by atoms with Crippen LogP contribution >= 0.6 is 0 Å². The van der Waals surface area contributed by atoms with Crippen LogP contribution in [0.1, 0.15) is 6.92 Å². The van der Waals surface area contributed by atoms with Crippen LogP contribution < -0.4 is 68.8 Å². The summed E-state index contributed by atoms with van der Waals surface area (Å²) < 4.78 is 2.83. The molecular weight excluding hydrogens is 809 g/mol. The molecule has 5 nitrogen and oxygen atoms in total. The number of benzene rings is 8. The van der Waals surface area contributed by atoms with Crippen molar-refractivity contribution in [1.29, 1.82) is 0 Å². The summed E-state index contributed by atoms with van der Waals surface area (Å²) in [6.07, 6.45) is 20.2. The monoisotopic (exact) mass is 846 g/mol. The Morgan fingerprint density at radius 1 is 0.552 bits per heavy atom. The van der Waals surface area contributed by atoms with Gasteiger partial charge in [-0.3, -0.25) is 0 Å². The molecule has 10 heteroatoms. The first-order valence-electron chi connectivity index (χ1n) is 24.7. The van der Waals surface area contributed by atoms with Gasteiger partial charge in [-0.1, -0.05) is 132 Å². The fourth-order valence-electron chi connectivity index (χ4n) is 16.8. The van der Waals surface area contributed by atoms with Crippen molar-refractivity contribution >= 4 is 172 Å². The molecule has 0 radical (unpaired) electrons. The van der Waals surface area contributed by atoms with Gasteiger partial charge in [0.05, 0.1) is 5.39 Å². The summed E-state index contributed by atoms with van der Waals surface area (Å²) in [5.74, 6) is 0. The number of hydrogen-bond acceptors (Lipinski definition) is 4. The lowest BCUT2D eigenvalue weighted by atomic mass is 9.20. The Hall–Kier alpha value is -7.31. The van der Waals surface area contributed by atoms with E-state index in [-0.39, 0.29) is 39.6 Å². The molecule has 0 saturated carbocycles. The number of para-hydroxylation sites is 4. The third-order valence-electron chi connectivity index (χ3n) is 18.7. The molecule has 1 atom stereocenters. The van der Waals surface area contributed by atoms with Crippen LogP contribution in [0.3, 0.4) is 0 Å². The minimum Gasteiger partial charge on any atom is -0.356 e. The van der Waals surface area contributed by atoms with Gasteiger partial charge in [0, 0.05) is 92.2 Å². The molecule has 19 rings (SSSR count). The molecule has 1 aliphatic carbocycles. The standard InChI is InChI=1S/C57H37B5N5/c1-3-15-31-30(4-2)58-26-65-40-24-13-14-25-41(40)66-29-61-34-18-7-12-23-39(34)67-38-22-11-6-17-33(38)60-28-63-36-20-9-5-16-32(36)59-27-64-37-21-10-8-19-35(37)62(31)52-48(58)44-42-43-46(53(63)49(59)45(42)54(52)64)50(60)57(67)51(61)47(43)56(66)55(44)65/h3-25,40H,2,26-29H2,1H3/q+1/b15-3-. The van der Waals surface area contributed by atoms with E-state index in [1.165, 1.54) is 122 Å². The van der Waals surface area contributed by atoms with Crippen LogP contribution in [0, 0.1) is 0 Å². The number of anilines is 8. The summed E-state index contributed by atoms with van der Waals surface area (Å²) in [6, 6.07) is 38.0. The normalized spacial score (nSPS) is 20.0. The van der Waals surface area contributed by atoms with Crippen molar-refractivity contribution in [3.63, 3.8) is 0 Å². The Morgan fingerprint density at radius 3 is 1.85 bits per heavy atom. The summed E-state index contributed by atoms with van der Waals surface area (Å²) in [4.78, 5) is 11.3. The maximum Gasteiger partial charge on any atom is 0.293 e. The zero-order valence-electron chi connectivity index (χ0n) is 37.0. The van der Waals surface area contributed by atoms with Crippen molar-refractivity contribution in [2.45, 2.75) is 13.0 Å². The fraction of sp³-hybridized carbons (Fsp3) is 0.105. The van der Waals surface area contributed by atoms with E-state index in [2.05, 4.69) is 177 Å². The van der Waals surface area contributed by atoms with E-state index in [4.69, 9.17) is 0 Å². The van der Waals surface area contributed by atoms with Crippen molar-refractivity contribution < 1.29 is 4.58 Å². The van der Waals surface area contributed by atoms with Crippen LogP contribution in [0.2, 0.25) is 0 Å². The quantitative estimate of drug-likeness (QED) is 0.145. The lowest BCUT2D eigenvalue weighted by Gasteiger charge is -2.55. The lowest BCUT2D eigenvalue weighted by Crippen LogP contribution is -2.72. The van der Waals surface area contributed by atoms with Crippen LogP contribution in [0.25, 0.3) is 32.3 Å². The van der Waals surface area contributed by atoms with Crippen molar-refractivity contribution in [3.05, 3.63) is 157 Å². The molecule has 8 aromatic rings. The van der Waals surface area contributed by atoms with E-state index >= 15 is 0 Å². The maximum atomic E-state index is 4.68. The van der Waals surface area contributed by atoms with Gasteiger partial charge in [0.15, 0.2) is 0 Å². The predicted octanol–water partition coefficient (Wildman–Crippen LogP) is 4.48. The topological polar surface area (TPSA) is 16.0 Å². The molecule has 0 bridgehead atoms. The molecule has 0 N–H and O–H groups in total. The highest BCUT2D eigenvalue weighted by atomic mass is 15.3. The van der Waals surface area contributed by atoms with Crippen molar-refractivity contribution in [2.24, 2.45) is 0 Å². The zero-order chi connectivity index (χ0) is 43.0. The Bertz CT molecular complexity index is 4070. The molecule has 0 amide bonds. The van der Waals surface area contributed by atoms with Crippen molar-refractivity contribution in [3.8, 4) is 0 Å². The molecule has 10 heterocycles. The van der Waals surface area contributed by atoms with E-state index < -0.39 is 0 Å². The zero-order valence-corrected chi connectivity index (χ0v) is 37.0. The molecule has 0 fully saturated rings. The van der Waals surface area contributed by atoms with E-state index in [1.807, 2.05) is 0 Å². The summed E-state index contributed by atoms with van der Waals surface area (Å²) in [7, 11) is 0. The molecule has 0 spiro atoms. The van der Waals surface area contributed by atoms with Crippen LogP contribution in [0.4, 0.5) is 51.2 Å². The Balaban J connectivity index is 1.14. The average molecular weight is 846 g/mol. The van der Waals surface area contributed by atoms with E-state index in [1.54, 1.807) is 27.3 Å². The first-order valence-corrected chi connectivity index (χ1v) is 24.7. The highest BCUT2D eigenvalue weighted by Gasteiger charge is 2.60. The molecule has 304 valence electrons. The van der Waals surface area contributed by atoms with Crippen molar-refractivity contribution in [2.75, 3.05) is 45.4 Å². The first-order chi connectivity index (χ1) is 33.2. The fourth-order valence-corrected chi connectivity index (χ4v) is 16.8. The van der Waals surface area contributed by atoms with Crippen LogP contribution in [0.5, 0.6) is 0 Å². The second-order valence-electron chi connectivity index (χ2n) is 21.0. The van der Waals surface area contributed by atoms with E-state index in [0.29, 0.717) is 0 Å². The van der Waals surface area contributed by atoms with Gasteiger partial charge in [0.2, 0.25) is 38.3 Å². The number of rotatable bonds is 2. The van der Waals surface area contributed by atoms with Gasteiger partial charge in [-0.25, -0.2) is 0 Å². The molecular formula is C57H37B5N5+. The molecule has 0 saturated heterocycles. The molecule has 67 heavy (non-hydrogen) atoms. The predicted molar refractivity (Wildman–Crippen MR) is 288 cm³/mol. The highest BCUT2D eigenvalue weighted by molar-refractivity contribution is 7.06. The minimum atomic E-state index is 0.116. The van der Waals surface area contributed by atoms with Crippen LogP contribution in [-0.2, 0) is 0 Å². The van der Waals surface area contributed by atoms with Gasteiger partial charge >= 0.3 is 0 Å². The molecule has 1 unspecified atom stereocenters. The second-order valence-corrected chi connectivity index (χ2v) is 21.0. The third-order valence-corrected chi connectivity index (χ3v) is 18.7. The average Bonchev–Trinajstić information content (AvgIpc) is 3.38. The maximum absolute atomic E-state index is 4.68. The summed E-state index contributed by atoms with van der Waals surface area (Å²) >= 11 is 0. The largest absolute Gasteiger partial charge is 0.356 e. The number of allylic oxidation sites excluding steroid dienone is 7. The Morgan fingerprint density at radius 2 is 1.13 bits per heavy atom. The highest BCUT2D eigenvalue weighted by Crippen LogP contribution is 2.59. The van der Waals surface area contributed by atoms with Gasteiger partial charge in [-0.15, -0.1) is 0 Å². The summed E-state index contributed by atoms with van der Waals surface area (Å²) in [5, 5.41) is 9.12. The van der Waals surface area contributed by atoms with E-state index in [0.717, 1.165) is 25.8 Å². The van der Waals surface area contributed by atoms with Gasteiger partial charge in [-0.2, -0.15) is 4.58 Å². The minimum absolute atomic E-state index is 0.116. The number of fused-ring (bicyclic) bond motifs is 14. The van der Waals surface area contributed by atoms with E-state index in [9.17, 15) is 0 Å². The second kappa shape index (κ2) is 10.9. The third kappa shape index (κ3) is 3.37. The number of hydrogen-bond donors (Lipinski definition) is 0. The summed E-state index contributed by atoms with van der Waals surface area (Å²) in [6.45, 7) is 7.84. The molecule has 0 aromatic heterocycles. The van der Waals surface area contributed by atoms with Gasteiger partial charge < -0.3 is 19.6 Å². The Kier molecular flexibility index (Phi) is 5.56. The smallest absolute Gasteiger partial charge is 0.293 e. The number of nitrogens with zero attached hydrogens (tertiary/aromatic N) is 5. The Labute approximate surface area is 390 Å². The summed E-state index contributed by atoms with van der Waals surface area (Å²) in [5.41, 5.74) is 30.7. The van der Waals surface area contributed by atoms with Crippen molar-refractivity contribution in [1.82, 2.24) is 0 Å². The van der Waals surface area contributed by atoms with Crippen LogP contribution in [0.15, 0.2) is 157 Å². The van der Waals surface area contributed by atoms with Gasteiger partial charge in [0.25, 0.3) is 6.71 Å². The molecule has 10 aliphatic heterocycles. The molecule has 8 aromatic carbocycles.